The van der Waals surface area contributed by atoms with E-state index in [-0.39, 0.29) is 14.1 Å². The Hall–Kier alpha value is 0.532. The normalized spacial score (nSPS) is 19.2. The molecule has 0 aromatic rings. The molecular weight excluding hydrogens is 195 g/mol. The van der Waals surface area contributed by atoms with Crippen molar-refractivity contribution in [2.75, 3.05) is 0 Å². The lowest BCUT2D eigenvalue weighted by Gasteiger charge is -2.20. The molecule has 1 aliphatic rings. The summed E-state index contributed by atoms with van der Waals surface area (Å²) >= 11 is -0.230. The molecule has 1 heterocycles. The van der Waals surface area contributed by atoms with Crippen molar-refractivity contribution in [1.29, 1.82) is 0 Å². The number of hydrogen-bond donors (Lipinski definition) is 0. The van der Waals surface area contributed by atoms with Gasteiger partial charge in [0.15, 0.2) is 0 Å². The largest absolute Gasteiger partial charge is 0.261 e. The van der Waals surface area contributed by atoms with Crippen molar-refractivity contribution in [3.63, 3.8) is 0 Å². The standard InChI is InChI=1S/C9H19.C5H10.Al/c1-4-7-8-9(5-2)6-3;1-3-5-4-2;/h9H,2,4-8H2,1,3H3;1-5H2;. The summed E-state index contributed by atoms with van der Waals surface area (Å²) < 4.78 is 0. The molecule has 0 N–H and O–H groups in total. The molecule has 1 fully saturated rings. The third kappa shape index (κ3) is 5.98. The highest BCUT2D eigenvalue weighted by atomic mass is 27.2. The zero-order chi connectivity index (χ0) is 10.9. The minimum atomic E-state index is -0.230. The lowest BCUT2D eigenvalue weighted by Crippen LogP contribution is -2.17. The summed E-state index contributed by atoms with van der Waals surface area (Å²) in [5, 5.41) is 5.01. The first-order chi connectivity index (χ1) is 7.36. The lowest BCUT2D eigenvalue weighted by molar-refractivity contribution is 0.436. The maximum absolute atomic E-state index is 2.39. The first kappa shape index (κ1) is 13.6. The van der Waals surface area contributed by atoms with Crippen molar-refractivity contribution in [3.8, 4) is 0 Å². The van der Waals surface area contributed by atoms with Crippen molar-refractivity contribution < 1.29 is 0 Å². The van der Waals surface area contributed by atoms with Gasteiger partial charge in [-0.3, -0.25) is 0 Å². The van der Waals surface area contributed by atoms with E-state index < -0.39 is 0 Å². The molecular formula is C14H29Al. The summed E-state index contributed by atoms with van der Waals surface area (Å²) in [6.45, 7) is 4.71. The third-order valence-electron chi connectivity index (χ3n) is 4.25. The summed E-state index contributed by atoms with van der Waals surface area (Å²) in [7, 11) is 0. The molecule has 0 amide bonds. The van der Waals surface area contributed by atoms with Gasteiger partial charge in [0.1, 0.15) is 0 Å². The van der Waals surface area contributed by atoms with E-state index >= 15 is 0 Å². The summed E-state index contributed by atoms with van der Waals surface area (Å²) in [4.78, 5) is 0. The Bertz CT molecular complexity index is 138. The van der Waals surface area contributed by atoms with E-state index in [4.69, 9.17) is 0 Å². The van der Waals surface area contributed by atoms with Crippen molar-refractivity contribution in [2.24, 2.45) is 5.92 Å². The van der Waals surface area contributed by atoms with Crippen molar-refractivity contribution in [2.45, 2.75) is 81.1 Å². The predicted molar refractivity (Wildman–Crippen MR) is 71.9 cm³/mol. The molecule has 88 valence electrons. The van der Waals surface area contributed by atoms with Gasteiger partial charge < -0.3 is 0 Å². The van der Waals surface area contributed by atoms with E-state index in [1.807, 2.05) is 0 Å². The van der Waals surface area contributed by atoms with Crippen LogP contribution in [-0.2, 0) is 0 Å². The SMILES string of the molecule is CCCCC(CC)C[CH2][Al]1[CH2]CCC[CH2]1. The van der Waals surface area contributed by atoms with E-state index in [2.05, 4.69) is 13.8 Å². The molecule has 0 radical (unpaired) electrons. The van der Waals surface area contributed by atoms with Gasteiger partial charge in [0, 0.05) is 0 Å². The van der Waals surface area contributed by atoms with Crippen LogP contribution in [0.5, 0.6) is 0 Å². The second-order valence-corrected chi connectivity index (χ2v) is 8.96. The van der Waals surface area contributed by atoms with Gasteiger partial charge in [-0.2, -0.15) is 0 Å². The van der Waals surface area contributed by atoms with Crippen LogP contribution in [0.3, 0.4) is 0 Å². The minimum absolute atomic E-state index is 0.230. The average Bonchev–Trinajstić information content (AvgIpc) is 2.31. The molecule has 0 aromatic heterocycles. The molecule has 0 aromatic carbocycles. The van der Waals surface area contributed by atoms with Crippen LogP contribution >= 0.6 is 0 Å². The molecule has 0 bridgehead atoms. The van der Waals surface area contributed by atoms with Gasteiger partial charge in [0.05, 0.1) is 0 Å². The monoisotopic (exact) mass is 224 g/mol. The predicted octanol–water partition coefficient (Wildman–Crippen LogP) is 5.27. The summed E-state index contributed by atoms with van der Waals surface area (Å²) in [5.41, 5.74) is 0. The molecule has 1 saturated heterocycles. The topological polar surface area (TPSA) is 0 Å². The van der Waals surface area contributed by atoms with Gasteiger partial charge in [0.25, 0.3) is 14.1 Å². The third-order valence-corrected chi connectivity index (χ3v) is 7.85. The quantitative estimate of drug-likeness (QED) is 0.517. The Labute approximate surface area is 101 Å². The smallest absolute Gasteiger partial charge is 0.0939 e. The van der Waals surface area contributed by atoms with E-state index in [0.29, 0.717) is 0 Å². The van der Waals surface area contributed by atoms with Crippen molar-refractivity contribution in [3.05, 3.63) is 0 Å². The molecule has 1 atom stereocenters. The molecule has 0 spiro atoms. The van der Waals surface area contributed by atoms with Crippen LogP contribution in [0.2, 0.25) is 15.8 Å². The van der Waals surface area contributed by atoms with E-state index in [9.17, 15) is 0 Å². The lowest BCUT2D eigenvalue weighted by atomic mass is 9.97. The summed E-state index contributed by atoms with van der Waals surface area (Å²) in [6.07, 6.45) is 12.0. The minimum Gasteiger partial charge on any atom is -0.0939 e. The zero-order valence-electron chi connectivity index (χ0n) is 10.9. The van der Waals surface area contributed by atoms with Crippen LogP contribution in [0.15, 0.2) is 0 Å². The molecule has 1 unspecified atom stereocenters. The fourth-order valence-electron chi connectivity index (χ4n) is 2.99. The van der Waals surface area contributed by atoms with Crippen LogP contribution in [0.25, 0.3) is 0 Å². The van der Waals surface area contributed by atoms with Crippen LogP contribution in [0, 0.1) is 5.92 Å². The summed E-state index contributed by atoms with van der Waals surface area (Å²) in [6, 6.07) is 0. The molecule has 1 rings (SSSR count). The number of hydrogen-bond acceptors (Lipinski definition) is 0. The van der Waals surface area contributed by atoms with Crippen molar-refractivity contribution >= 4 is 14.1 Å². The first-order valence-electron chi connectivity index (χ1n) is 7.36. The second kappa shape index (κ2) is 8.66. The second-order valence-electron chi connectivity index (χ2n) is 5.50. The van der Waals surface area contributed by atoms with Gasteiger partial charge in [-0.1, -0.05) is 81.1 Å². The maximum Gasteiger partial charge on any atom is 0.261 e. The van der Waals surface area contributed by atoms with E-state index in [0.717, 1.165) is 5.92 Å². The molecule has 1 heteroatoms. The summed E-state index contributed by atoms with van der Waals surface area (Å²) in [5.74, 6) is 1.07. The zero-order valence-corrected chi connectivity index (χ0v) is 12.1. The maximum atomic E-state index is 2.39. The molecule has 0 saturated carbocycles. The fraction of sp³-hybridized carbons (Fsp3) is 1.00. The van der Waals surface area contributed by atoms with E-state index in [1.54, 1.807) is 35.1 Å². The highest BCUT2D eigenvalue weighted by Crippen LogP contribution is 2.26. The van der Waals surface area contributed by atoms with Gasteiger partial charge >= 0.3 is 0 Å². The number of unbranched alkanes of at least 4 members (excludes halogenated alkanes) is 1. The Balaban J connectivity index is 2.09. The molecule has 1 aliphatic heterocycles. The molecule has 0 nitrogen and oxygen atoms in total. The van der Waals surface area contributed by atoms with Gasteiger partial charge in [-0.25, -0.2) is 0 Å². The van der Waals surface area contributed by atoms with Gasteiger partial charge in [-0.15, -0.1) is 0 Å². The van der Waals surface area contributed by atoms with Crippen LogP contribution in [0.1, 0.15) is 65.2 Å². The first-order valence-corrected chi connectivity index (χ1v) is 9.81. The van der Waals surface area contributed by atoms with Crippen LogP contribution < -0.4 is 0 Å². The molecule has 0 aliphatic carbocycles. The van der Waals surface area contributed by atoms with Crippen molar-refractivity contribution in [1.82, 2.24) is 0 Å². The highest BCUT2D eigenvalue weighted by Gasteiger charge is 2.20. The Kier molecular flexibility index (Phi) is 7.85. The molecule has 15 heavy (non-hydrogen) atoms. The number of rotatable bonds is 7. The van der Waals surface area contributed by atoms with Crippen LogP contribution in [0.4, 0.5) is 0 Å². The van der Waals surface area contributed by atoms with E-state index in [1.165, 1.54) is 32.1 Å². The Morgan fingerprint density at radius 1 is 1.00 bits per heavy atom. The Morgan fingerprint density at radius 3 is 2.33 bits per heavy atom. The van der Waals surface area contributed by atoms with Gasteiger partial charge in [0.2, 0.25) is 0 Å². The van der Waals surface area contributed by atoms with Gasteiger partial charge in [-0.05, 0) is 5.92 Å². The fourth-order valence-corrected chi connectivity index (χ4v) is 6.53. The van der Waals surface area contributed by atoms with Crippen LogP contribution in [-0.4, -0.2) is 14.1 Å². The highest BCUT2D eigenvalue weighted by molar-refractivity contribution is 6.58. The Morgan fingerprint density at radius 2 is 1.73 bits per heavy atom. The average molecular weight is 224 g/mol.